The van der Waals surface area contributed by atoms with Crippen LogP contribution in [0.15, 0.2) is 24.3 Å². The van der Waals surface area contributed by atoms with Gasteiger partial charge in [-0.2, -0.15) is 5.26 Å². The maximum Gasteiger partial charge on any atom is 0.321 e. The van der Waals surface area contributed by atoms with E-state index in [1.165, 1.54) is 7.05 Å². The number of benzene rings is 1. The first-order chi connectivity index (χ1) is 11.1. The van der Waals surface area contributed by atoms with Crippen LogP contribution in [-0.2, 0) is 4.79 Å². The second-order valence-electron chi connectivity index (χ2n) is 5.40. The van der Waals surface area contributed by atoms with Crippen molar-refractivity contribution in [3.05, 3.63) is 29.8 Å². The molecule has 7 nitrogen and oxygen atoms in total. The number of nitriles is 1. The number of nitrogens with one attached hydrogen (secondary N) is 2. The smallest absolute Gasteiger partial charge is 0.321 e. The molecule has 0 aromatic heterocycles. The van der Waals surface area contributed by atoms with Crippen molar-refractivity contribution in [2.75, 3.05) is 44.7 Å². The Hall–Kier alpha value is -2.59. The first-order valence-corrected chi connectivity index (χ1v) is 7.61. The second-order valence-corrected chi connectivity index (χ2v) is 5.40. The number of carbonyl (C=O) groups excluding carboxylic acids is 2. The first-order valence-electron chi connectivity index (χ1n) is 7.61. The Morgan fingerprint density at radius 2 is 1.91 bits per heavy atom. The molecular formula is C16H21N5O2. The van der Waals surface area contributed by atoms with E-state index in [-0.39, 0.29) is 12.5 Å². The van der Waals surface area contributed by atoms with E-state index in [9.17, 15) is 9.59 Å². The van der Waals surface area contributed by atoms with Crippen LogP contribution in [-0.4, -0.2) is 56.6 Å². The van der Waals surface area contributed by atoms with E-state index >= 15 is 0 Å². The van der Waals surface area contributed by atoms with E-state index in [1.54, 1.807) is 0 Å². The standard InChI is InChI=1S/C16H21N5O2/c1-18-16(23)19-15(22)12-20-7-2-8-21(10-9-20)14-5-3-13(11-17)4-6-14/h3-6H,2,7-10,12H2,1H3,(H2,18,19,22,23). The van der Waals surface area contributed by atoms with Crippen molar-refractivity contribution in [3.63, 3.8) is 0 Å². The summed E-state index contributed by atoms with van der Waals surface area (Å²) in [6.45, 7) is 3.49. The molecule has 2 rings (SSSR count). The third kappa shape index (κ3) is 4.97. The van der Waals surface area contributed by atoms with Gasteiger partial charge in [-0.3, -0.25) is 15.0 Å². The van der Waals surface area contributed by atoms with Crippen LogP contribution in [0.2, 0.25) is 0 Å². The molecule has 0 spiro atoms. The van der Waals surface area contributed by atoms with Gasteiger partial charge in [-0.05, 0) is 30.7 Å². The van der Waals surface area contributed by atoms with Crippen LogP contribution < -0.4 is 15.5 Å². The lowest BCUT2D eigenvalue weighted by molar-refractivity contribution is -0.121. The van der Waals surface area contributed by atoms with Crippen LogP contribution in [0.3, 0.4) is 0 Å². The molecule has 0 atom stereocenters. The summed E-state index contributed by atoms with van der Waals surface area (Å²) in [5.74, 6) is -0.295. The molecule has 0 unspecified atom stereocenters. The molecule has 1 saturated heterocycles. The van der Waals surface area contributed by atoms with Gasteiger partial charge < -0.3 is 10.2 Å². The number of hydrogen-bond donors (Lipinski definition) is 2. The Kier molecular flexibility index (Phi) is 5.94. The molecule has 1 fully saturated rings. The van der Waals surface area contributed by atoms with Gasteiger partial charge in [0.1, 0.15) is 0 Å². The van der Waals surface area contributed by atoms with Gasteiger partial charge in [-0.25, -0.2) is 4.79 Å². The highest BCUT2D eigenvalue weighted by atomic mass is 16.2. The largest absolute Gasteiger partial charge is 0.370 e. The van der Waals surface area contributed by atoms with Gasteiger partial charge in [0.15, 0.2) is 0 Å². The third-order valence-corrected chi connectivity index (χ3v) is 3.80. The van der Waals surface area contributed by atoms with Gasteiger partial charge in [-0.1, -0.05) is 0 Å². The highest BCUT2D eigenvalue weighted by Gasteiger charge is 2.18. The molecule has 1 aromatic rings. The van der Waals surface area contributed by atoms with Crippen LogP contribution in [0.25, 0.3) is 0 Å². The fraction of sp³-hybridized carbons (Fsp3) is 0.438. The summed E-state index contributed by atoms with van der Waals surface area (Å²) in [5, 5.41) is 13.5. The zero-order valence-corrected chi connectivity index (χ0v) is 13.2. The van der Waals surface area contributed by atoms with Crippen LogP contribution in [0, 0.1) is 11.3 Å². The Bertz CT molecular complexity index is 593. The van der Waals surface area contributed by atoms with Crippen molar-refractivity contribution in [3.8, 4) is 6.07 Å². The van der Waals surface area contributed by atoms with E-state index in [4.69, 9.17) is 5.26 Å². The van der Waals surface area contributed by atoms with Gasteiger partial charge >= 0.3 is 6.03 Å². The fourth-order valence-electron chi connectivity index (χ4n) is 2.57. The molecule has 1 aromatic carbocycles. The molecule has 7 heteroatoms. The number of carbonyl (C=O) groups is 2. The zero-order valence-electron chi connectivity index (χ0n) is 13.2. The van der Waals surface area contributed by atoms with Crippen molar-refractivity contribution in [2.45, 2.75) is 6.42 Å². The monoisotopic (exact) mass is 315 g/mol. The Morgan fingerprint density at radius 3 is 2.57 bits per heavy atom. The number of amides is 3. The third-order valence-electron chi connectivity index (χ3n) is 3.80. The first kappa shape index (κ1) is 16.8. The molecule has 1 aliphatic rings. The summed E-state index contributed by atoms with van der Waals surface area (Å²) in [7, 11) is 1.48. The molecule has 1 heterocycles. The number of imide groups is 1. The molecule has 1 aliphatic heterocycles. The molecule has 0 aliphatic carbocycles. The van der Waals surface area contributed by atoms with Crippen molar-refractivity contribution in [2.24, 2.45) is 0 Å². The predicted molar refractivity (Wildman–Crippen MR) is 87.0 cm³/mol. The minimum atomic E-state index is -0.482. The highest BCUT2D eigenvalue weighted by Crippen LogP contribution is 2.17. The molecule has 23 heavy (non-hydrogen) atoms. The van der Waals surface area contributed by atoms with Crippen LogP contribution in [0.4, 0.5) is 10.5 Å². The normalized spacial score (nSPS) is 15.4. The van der Waals surface area contributed by atoms with Gasteiger partial charge in [0.2, 0.25) is 5.91 Å². The summed E-state index contributed by atoms with van der Waals surface area (Å²) in [6.07, 6.45) is 0.938. The van der Waals surface area contributed by atoms with Gasteiger partial charge in [0, 0.05) is 38.9 Å². The van der Waals surface area contributed by atoms with Gasteiger partial charge in [0.05, 0.1) is 18.2 Å². The molecule has 0 bridgehead atoms. The molecule has 0 radical (unpaired) electrons. The molecule has 122 valence electrons. The van der Waals surface area contributed by atoms with Gasteiger partial charge in [-0.15, -0.1) is 0 Å². The summed E-state index contributed by atoms with van der Waals surface area (Å²) >= 11 is 0. The van der Waals surface area contributed by atoms with Crippen molar-refractivity contribution >= 4 is 17.6 Å². The minimum absolute atomic E-state index is 0.217. The Labute approximate surface area is 135 Å². The van der Waals surface area contributed by atoms with E-state index < -0.39 is 6.03 Å². The minimum Gasteiger partial charge on any atom is -0.370 e. The van der Waals surface area contributed by atoms with Crippen LogP contribution in [0.5, 0.6) is 0 Å². The maximum absolute atomic E-state index is 11.8. The van der Waals surface area contributed by atoms with Crippen LogP contribution in [0.1, 0.15) is 12.0 Å². The van der Waals surface area contributed by atoms with Gasteiger partial charge in [0.25, 0.3) is 0 Å². The highest BCUT2D eigenvalue weighted by molar-refractivity contribution is 5.95. The van der Waals surface area contributed by atoms with E-state index in [0.29, 0.717) is 5.56 Å². The average Bonchev–Trinajstić information content (AvgIpc) is 2.80. The number of hydrogen-bond acceptors (Lipinski definition) is 5. The van der Waals surface area contributed by atoms with E-state index in [0.717, 1.165) is 38.3 Å². The summed E-state index contributed by atoms with van der Waals surface area (Å²) in [5.41, 5.74) is 1.73. The van der Waals surface area contributed by atoms with Crippen LogP contribution >= 0.6 is 0 Å². The predicted octanol–water partition coefficient (Wildman–Crippen LogP) is 0.526. The molecule has 3 amide bonds. The van der Waals surface area contributed by atoms with Crippen molar-refractivity contribution < 1.29 is 9.59 Å². The molecule has 2 N–H and O–H groups in total. The fourth-order valence-corrected chi connectivity index (χ4v) is 2.57. The second kappa shape index (κ2) is 8.15. The number of nitrogens with zero attached hydrogens (tertiary/aromatic N) is 3. The molecule has 0 saturated carbocycles. The SMILES string of the molecule is CNC(=O)NC(=O)CN1CCCN(c2ccc(C#N)cc2)CC1. The lowest BCUT2D eigenvalue weighted by Crippen LogP contribution is -2.44. The summed E-state index contributed by atoms with van der Waals surface area (Å²) in [4.78, 5) is 27.2. The van der Waals surface area contributed by atoms with E-state index in [1.807, 2.05) is 29.2 Å². The quantitative estimate of drug-likeness (QED) is 0.849. The van der Waals surface area contributed by atoms with Crippen molar-refractivity contribution in [1.82, 2.24) is 15.5 Å². The van der Waals surface area contributed by atoms with E-state index in [2.05, 4.69) is 21.6 Å². The lowest BCUT2D eigenvalue weighted by Gasteiger charge is -2.23. The topological polar surface area (TPSA) is 88.5 Å². The number of rotatable bonds is 3. The lowest BCUT2D eigenvalue weighted by atomic mass is 10.2. The maximum atomic E-state index is 11.8. The summed E-state index contributed by atoms with van der Waals surface area (Å²) in [6, 6.07) is 9.16. The molecular weight excluding hydrogens is 294 g/mol. The Balaban J connectivity index is 1.87. The Morgan fingerprint density at radius 1 is 1.17 bits per heavy atom. The number of urea groups is 1. The average molecular weight is 315 g/mol. The number of anilines is 1. The zero-order chi connectivity index (χ0) is 16.7. The summed E-state index contributed by atoms with van der Waals surface area (Å²) < 4.78 is 0. The van der Waals surface area contributed by atoms with Crippen molar-refractivity contribution in [1.29, 1.82) is 5.26 Å².